The van der Waals surface area contributed by atoms with Crippen molar-refractivity contribution in [3.63, 3.8) is 0 Å². The van der Waals surface area contributed by atoms with Crippen LogP contribution in [-0.4, -0.2) is 64.4 Å². The van der Waals surface area contributed by atoms with Gasteiger partial charge in [0.25, 0.3) is 0 Å². The van der Waals surface area contributed by atoms with Crippen LogP contribution in [0, 0.1) is 5.92 Å². The molecule has 0 N–H and O–H groups in total. The van der Waals surface area contributed by atoms with Crippen molar-refractivity contribution in [2.45, 2.75) is 32.4 Å². The van der Waals surface area contributed by atoms with E-state index in [4.69, 9.17) is 14.2 Å². The van der Waals surface area contributed by atoms with E-state index in [2.05, 4.69) is 59.3 Å². The molecule has 2 aromatic carbocycles. The zero-order valence-corrected chi connectivity index (χ0v) is 19.6. The van der Waals surface area contributed by atoms with Crippen molar-refractivity contribution in [1.82, 2.24) is 9.80 Å². The van der Waals surface area contributed by atoms with E-state index in [0.717, 1.165) is 49.0 Å². The van der Waals surface area contributed by atoms with Crippen molar-refractivity contribution in [1.29, 1.82) is 0 Å². The number of hydrogen-bond donors (Lipinski definition) is 0. The van der Waals surface area contributed by atoms with Crippen molar-refractivity contribution in [2.24, 2.45) is 5.92 Å². The van der Waals surface area contributed by atoms with Crippen LogP contribution in [0.4, 0.5) is 0 Å². The third-order valence-electron chi connectivity index (χ3n) is 6.28. The van der Waals surface area contributed by atoms with Gasteiger partial charge in [0.15, 0.2) is 0 Å². The van der Waals surface area contributed by atoms with Crippen LogP contribution in [0.3, 0.4) is 0 Å². The van der Waals surface area contributed by atoms with E-state index in [-0.39, 0.29) is 0 Å². The summed E-state index contributed by atoms with van der Waals surface area (Å²) in [7, 11) is 7.39. The Kier molecular flexibility index (Phi) is 9.19. The molecule has 0 atom stereocenters. The molecule has 5 nitrogen and oxygen atoms in total. The van der Waals surface area contributed by atoms with Gasteiger partial charge in [0.2, 0.25) is 0 Å². The van der Waals surface area contributed by atoms with E-state index >= 15 is 0 Å². The molecular formula is C26H38N2O3. The lowest BCUT2D eigenvalue weighted by Crippen LogP contribution is -2.37. The zero-order chi connectivity index (χ0) is 22.1. The summed E-state index contributed by atoms with van der Waals surface area (Å²) in [6, 6.07) is 15.0. The van der Waals surface area contributed by atoms with Gasteiger partial charge in [-0.05, 0) is 80.7 Å². The molecule has 1 saturated heterocycles. The lowest BCUT2D eigenvalue weighted by molar-refractivity contribution is 0.156. The highest BCUT2D eigenvalue weighted by Gasteiger charge is 2.20. The lowest BCUT2D eigenvalue weighted by atomic mass is 9.96. The summed E-state index contributed by atoms with van der Waals surface area (Å²) < 4.78 is 16.2. The van der Waals surface area contributed by atoms with Gasteiger partial charge in [-0.25, -0.2) is 0 Å². The predicted octanol–water partition coefficient (Wildman–Crippen LogP) is 4.24. The fraction of sp³-hybridized carbons (Fsp3) is 0.538. The van der Waals surface area contributed by atoms with E-state index in [9.17, 15) is 0 Å². The summed E-state index contributed by atoms with van der Waals surface area (Å²) in [5.41, 5.74) is 3.77. The summed E-state index contributed by atoms with van der Waals surface area (Å²) in [5.74, 6) is 2.57. The van der Waals surface area contributed by atoms with Crippen molar-refractivity contribution in [2.75, 3.05) is 54.6 Å². The number of methoxy groups -OCH3 is 3. The third kappa shape index (κ3) is 7.23. The molecule has 0 aromatic heterocycles. The molecule has 0 aliphatic carbocycles. The fourth-order valence-electron chi connectivity index (χ4n) is 4.38. The maximum atomic E-state index is 5.51. The maximum Gasteiger partial charge on any atom is 0.124 e. The standard InChI is InChI=1S/C26H38N2O3/c1-27-14-11-22(12-15-27)18-28(16-13-21-5-8-25(30-3)9-6-21)19-23-7-10-26(31-4)24(17-23)20-29-2/h5-10,17,22H,11-16,18-20H2,1-4H3. The van der Waals surface area contributed by atoms with E-state index in [0.29, 0.717) is 6.61 Å². The van der Waals surface area contributed by atoms with E-state index in [1.165, 1.54) is 37.1 Å². The number of benzene rings is 2. The fourth-order valence-corrected chi connectivity index (χ4v) is 4.38. The normalized spacial score (nSPS) is 15.4. The average Bonchev–Trinajstić information content (AvgIpc) is 2.80. The molecule has 2 aromatic rings. The topological polar surface area (TPSA) is 34.2 Å². The number of hydrogen-bond acceptors (Lipinski definition) is 5. The molecule has 0 unspecified atom stereocenters. The van der Waals surface area contributed by atoms with E-state index in [1.807, 2.05) is 0 Å². The van der Waals surface area contributed by atoms with Gasteiger partial charge in [0.1, 0.15) is 11.5 Å². The first-order chi connectivity index (χ1) is 15.1. The van der Waals surface area contributed by atoms with Gasteiger partial charge in [-0.1, -0.05) is 18.2 Å². The second-order valence-electron chi connectivity index (χ2n) is 8.66. The molecule has 3 rings (SSSR count). The number of likely N-dealkylation sites (tertiary alicyclic amines) is 1. The first-order valence-electron chi connectivity index (χ1n) is 11.3. The van der Waals surface area contributed by atoms with Crippen LogP contribution < -0.4 is 9.47 Å². The lowest BCUT2D eigenvalue weighted by Gasteiger charge is -2.33. The van der Waals surface area contributed by atoms with Gasteiger partial charge in [-0.3, -0.25) is 4.90 Å². The number of piperidine rings is 1. The Hall–Kier alpha value is -2.08. The molecule has 1 heterocycles. The number of nitrogens with zero attached hydrogens (tertiary/aromatic N) is 2. The molecule has 0 bridgehead atoms. The minimum Gasteiger partial charge on any atom is -0.497 e. The monoisotopic (exact) mass is 426 g/mol. The highest BCUT2D eigenvalue weighted by Crippen LogP contribution is 2.23. The Morgan fingerprint density at radius 2 is 1.65 bits per heavy atom. The smallest absolute Gasteiger partial charge is 0.124 e. The largest absolute Gasteiger partial charge is 0.497 e. The molecule has 0 saturated carbocycles. The van der Waals surface area contributed by atoms with Crippen molar-refractivity contribution >= 4 is 0 Å². The Morgan fingerprint density at radius 3 is 2.29 bits per heavy atom. The van der Waals surface area contributed by atoms with Crippen molar-refractivity contribution in [3.8, 4) is 11.5 Å². The minimum absolute atomic E-state index is 0.567. The van der Waals surface area contributed by atoms with Crippen LogP contribution >= 0.6 is 0 Å². The zero-order valence-electron chi connectivity index (χ0n) is 19.6. The molecule has 0 amide bonds. The molecule has 31 heavy (non-hydrogen) atoms. The Balaban J connectivity index is 1.69. The van der Waals surface area contributed by atoms with Crippen LogP contribution in [0.5, 0.6) is 11.5 Å². The SMILES string of the molecule is COCc1cc(CN(CCc2ccc(OC)cc2)CC2CCN(C)CC2)ccc1OC. The van der Waals surface area contributed by atoms with Gasteiger partial charge >= 0.3 is 0 Å². The highest BCUT2D eigenvalue weighted by molar-refractivity contribution is 5.37. The summed E-state index contributed by atoms with van der Waals surface area (Å²) in [4.78, 5) is 5.07. The Labute approximate surface area is 187 Å². The van der Waals surface area contributed by atoms with Gasteiger partial charge in [-0.2, -0.15) is 0 Å². The minimum atomic E-state index is 0.567. The second kappa shape index (κ2) is 12.1. The van der Waals surface area contributed by atoms with Gasteiger partial charge < -0.3 is 19.1 Å². The first kappa shape index (κ1) is 23.6. The number of rotatable bonds is 11. The Morgan fingerprint density at radius 1 is 0.935 bits per heavy atom. The molecule has 5 heteroatoms. The second-order valence-corrected chi connectivity index (χ2v) is 8.66. The third-order valence-corrected chi connectivity index (χ3v) is 6.28. The van der Waals surface area contributed by atoms with Gasteiger partial charge in [0, 0.05) is 32.3 Å². The van der Waals surface area contributed by atoms with Gasteiger partial charge in [-0.15, -0.1) is 0 Å². The first-order valence-corrected chi connectivity index (χ1v) is 11.3. The van der Waals surface area contributed by atoms with Crippen LogP contribution in [0.25, 0.3) is 0 Å². The molecule has 0 spiro atoms. The molecule has 170 valence electrons. The quantitative estimate of drug-likeness (QED) is 0.537. The van der Waals surface area contributed by atoms with Crippen LogP contribution in [-0.2, 0) is 24.3 Å². The molecular weight excluding hydrogens is 388 g/mol. The van der Waals surface area contributed by atoms with E-state index in [1.54, 1.807) is 21.3 Å². The Bertz CT molecular complexity index is 786. The van der Waals surface area contributed by atoms with Crippen molar-refractivity contribution in [3.05, 3.63) is 59.2 Å². The predicted molar refractivity (Wildman–Crippen MR) is 126 cm³/mol. The van der Waals surface area contributed by atoms with Crippen LogP contribution in [0.15, 0.2) is 42.5 Å². The molecule has 1 fully saturated rings. The summed E-state index contributed by atoms with van der Waals surface area (Å²) >= 11 is 0. The number of ether oxygens (including phenoxy) is 3. The molecule has 1 aliphatic heterocycles. The van der Waals surface area contributed by atoms with E-state index < -0.39 is 0 Å². The molecule has 0 radical (unpaired) electrons. The summed E-state index contributed by atoms with van der Waals surface area (Å²) in [5, 5.41) is 0. The maximum absolute atomic E-state index is 5.51. The van der Waals surface area contributed by atoms with Crippen molar-refractivity contribution < 1.29 is 14.2 Å². The van der Waals surface area contributed by atoms with Crippen LogP contribution in [0.2, 0.25) is 0 Å². The molecule has 1 aliphatic rings. The highest BCUT2D eigenvalue weighted by atomic mass is 16.5. The summed E-state index contributed by atoms with van der Waals surface area (Å²) in [6.07, 6.45) is 3.61. The van der Waals surface area contributed by atoms with Crippen LogP contribution in [0.1, 0.15) is 29.5 Å². The average molecular weight is 427 g/mol. The summed E-state index contributed by atoms with van der Waals surface area (Å²) in [6.45, 7) is 6.12. The van der Waals surface area contributed by atoms with Gasteiger partial charge in [0.05, 0.1) is 20.8 Å².